The molecule has 3 rings (SSSR count). The van der Waals surface area contributed by atoms with Crippen molar-refractivity contribution < 1.29 is 5.11 Å². The molecule has 1 aliphatic heterocycles. The Morgan fingerprint density at radius 3 is 2.86 bits per heavy atom. The smallest absolute Gasteiger partial charge is 0.0924 e. The molecule has 3 heteroatoms. The van der Waals surface area contributed by atoms with Crippen molar-refractivity contribution in [1.29, 1.82) is 0 Å². The van der Waals surface area contributed by atoms with E-state index in [0.717, 1.165) is 12.1 Å². The normalized spacial score (nSPS) is 26.1. The molecule has 1 unspecified atom stereocenters. The molecule has 1 atom stereocenters. The van der Waals surface area contributed by atoms with Crippen molar-refractivity contribution in [3.8, 4) is 0 Å². The Morgan fingerprint density at radius 1 is 1.50 bits per heavy atom. The molecule has 1 aromatic rings. The van der Waals surface area contributed by atoms with Gasteiger partial charge in [-0.15, -0.1) is 0 Å². The number of β-amino-alcohol motifs (C(OH)–C–C–N with tert-alkyl or cyclic N) is 1. The minimum absolute atomic E-state index is 0.280. The van der Waals surface area contributed by atoms with Gasteiger partial charge < -0.3 is 5.11 Å². The lowest BCUT2D eigenvalue weighted by Gasteiger charge is -2.40. The summed E-state index contributed by atoms with van der Waals surface area (Å²) in [5, 5.41) is 14.0. The molecule has 0 aromatic carbocycles. The number of aliphatic hydroxyl groups is 1. The van der Waals surface area contributed by atoms with E-state index in [4.69, 9.17) is 0 Å². The average molecular weight is 209 g/mol. The number of nitrogens with zero attached hydrogens (tertiary/aromatic N) is 1. The highest BCUT2D eigenvalue weighted by molar-refractivity contribution is 7.07. The lowest BCUT2D eigenvalue weighted by atomic mass is 9.96. The summed E-state index contributed by atoms with van der Waals surface area (Å²) in [6.07, 6.45) is 2.55. The van der Waals surface area contributed by atoms with Crippen molar-refractivity contribution in [3.05, 3.63) is 22.4 Å². The van der Waals surface area contributed by atoms with Gasteiger partial charge in [0.05, 0.1) is 6.10 Å². The van der Waals surface area contributed by atoms with E-state index < -0.39 is 0 Å². The first kappa shape index (κ1) is 8.89. The van der Waals surface area contributed by atoms with Crippen LogP contribution in [0.15, 0.2) is 16.8 Å². The van der Waals surface area contributed by atoms with E-state index in [1.165, 1.54) is 25.9 Å². The standard InChI is InChI=1S/C11H15NOS/c13-10(9-1-4-14-6-9)5-12-7-11(8-12)2-3-11/h1,4,6,10,13H,2-3,5,7-8H2. The van der Waals surface area contributed by atoms with Crippen LogP contribution >= 0.6 is 11.3 Å². The molecule has 2 fully saturated rings. The van der Waals surface area contributed by atoms with Crippen LogP contribution in [0.2, 0.25) is 0 Å². The molecule has 1 spiro atoms. The van der Waals surface area contributed by atoms with E-state index in [0.29, 0.717) is 5.41 Å². The highest BCUT2D eigenvalue weighted by atomic mass is 32.1. The number of aliphatic hydroxyl groups excluding tert-OH is 1. The van der Waals surface area contributed by atoms with Gasteiger partial charge in [-0.1, -0.05) is 0 Å². The second kappa shape index (κ2) is 3.05. The van der Waals surface area contributed by atoms with E-state index in [-0.39, 0.29) is 6.10 Å². The Bertz CT molecular complexity index is 310. The fraction of sp³-hybridized carbons (Fsp3) is 0.636. The first-order valence-electron chi connectivity index (χ1n) is 5.20. The van der Waals surface area contributed by atoms with Gasteiger partial charge in [0.1, 0.15) is 0 Å². The molecule has 1 N–H and O–H groups in total. The van der Waals surface area contributed by atoms with Gasteiger partial charge in [0.15, 0.2) is 0 Å². The third-order valence-corrected chi connectivity index (χ3v) is 4.14. The molecular weight excluding hydrogens is 194 g/mol. The van der Waals surface area contributed by atoms with Gasteiger partial charge in [-0.25, -0.2) is 0 Å². The van der Waals surface area contributed by atoms with Crippen molar-refractivity contribution in [1.82, 2.24) is 4.90 Å². The maximum Gasteiger partial charge on any atom is 0.0924 e. The second-order valence-electron chi connectivity index (χ2n) is 4.74. The zero-order valence-corrected chi connectivity index (χ0v) is 8.96. The maximum atomic E-state index is 9.90. The average Bonchev–Trinajstić information content (AvgIpc) is 2.73. The predicted molar refractivity (Wildman–Crippen MR) is 57.4 cm³/mol. The van der Waals surface area contributed by atoms with E-state index in [2.05, 4.69) is 4.90 Å². The van der Waals surface area contributed by atoms with Crippen LogP contribution in [0, 0.1) is 5.41 Å². The van der Waals surface area contributed by atoms with Gasteiger partial charge in [0.2, 0.25) is 0 Å². The zero-order chi connectivity index (χ0) is 9.60. The number of likely N-dealkylation sites (tertiary alicyclic amines) is 1. The van der Waals surface area contributed by atoms with Gasteiger partial charge in [0.25, 0.3) is 0 Å². The van der Waals surface area contributed by atoms with Crippen molar-refractivity contribution >= 4 is 11.3 Å². The Kier molecular flexibility index (Phi) is 1.94. The molecule has 0 radical (unpaired) electrons. The highest BCUT2D eigenvalue weighted by Gasteiger charge is 2.52. The summed E-state index contributed by atoms with van der Waals surface area (Å²) >= 11 is 1.65. The van der Waals surface area contributed by atoms with Crippen molar-refractivity contribution in [2.24, 2.45) is 5.41 Å². The summed E-state index contributed by atoms with van der Waals surface area (Å²) < 4.78 is 0. The summed E-state index contributed by atoms with van der Waals surface area (Å²) in [5.41, 5.74) is 1.78. The van der Waals surface area contributed by atoms with Crippen molar-refractivity contribution in [3.63, 3.8) is 0 Å². The van der Waals surface area contributed by atoms with E-state index in [1.807, 2.05) is 16.8 Å². The highest BCUT2D eigenvalue weighted by Crippen LogP contribution is 2.52. The molecular formula is C11H15NOS. The van der Waals surface area contributed by atoms with Gasteiger partial charge in [-0.05, 0) is 40.6 Å². The first-order valence-corrected chi connectivity index (χ1v) is 6.14. The summed E-state index contributed by atoms with van der Waals surface area (Å²) in [6, 6.07) is 2.02. The fourth-order valence-electron chi connectivity index (χ4n) is 2.34. The topological polar surface area (TPSA) is 23.5 Å². The summed E-state index contributed by atoms with van der Waals surface area (Å²) in [6.45, 7) is 3.25. The number of thiophene rings is 1. The van der Waals surface area contributed by atoms with Crippen LogP contribution in [-0.2, 0) is 0 Å². The Hall–Kier alpha value is -0.380. The second-order valence-corrected chi connectivity index (χ2v) is 5.52. The predicted octanol–water partition coefficient (Wildman–Crippen LogP) is 1.88. The molecule has 0 amide bonds. The van der Waals surface area contributed by atoms with E-state index in [1.54, 1.807) is 11.3 Å². The van der Waals surface area contributed by atoms with E-state index in [9.17, 15) is 5.11 Å². The lowest BCUT2D eigenvalue weighted by molar-refractivity contribution is 0.0280. The minimum atomic E-state index is -0.280. The number of rotatable bonds is 3. The number of hydrogen-bond donors (Lipinski definition) is 1. The van der Waals surface area contributed by atoms with Gasteiger partial charge in [0, 0.05) is 19.6 Å². The lowest BCUT2D eigenvalue weighted by Crippen LogP contribution is -2.49. The number of hydrogen-bond acceptors (Lipinski definition) is 3. The monoisotopic (exact) mass is 209 g/mol. The maximum absolute atomic E-state index is 9.90. The molecule has 1 saturated heterocycles. The summed E-state index contributed by atoms with van der Waals surface area (Å²) in [7, 11) is 0. The largest absolute Gasteiger partial charge is 0.387 e. The Balaban J connectivity index is 1.53. The Morgan fingerprint density at radius 2 is 2.29 bits per heavy atom. The van der Waals surface area contributed by atoms with E-state index >= 15 is 0 Å². The van der Waals surface area contributed by atoms with Gasteiger partial charge >= 0.3 is 0 Å². The SMILES string of the molecule is OC(CN1CC2(CC2)C1)c1ccsc1. The third kappa shape index (κ3) is 1.49. The quantitative estimate of drug-likeness (QED) is 0.821. The third-order valence-electron chi connectivity index (χ3n) is 3.43. The van der Waals surface area contributed by atoms with Crippen molar-refractivity contribution in [2.75, 3.05) is 19.6 Å². The van der Waals surface area contributed by atoms with Crippen LogP contribution in [0.3, 0.4) is 0 Å². The fourth-order valence-corrected chi connectivity index (χ4v) is 3.05. The molecule has 0 bridgehead atoms. The van der Waals surface area contributed by atoms with Gasteiger partial charge in [-0.3, -0.25) is 4.90 Å². The molecule has 1 aliphatic carbocycles. The van der Waals surface area contributed by atoms with Crippen LogP contribution in [0.4, 0.5) is 0 Å². The molecule has 14 heavy (non-hydrogen) atoms. The molecule has 2 nitrogen and oxygen atoms in total. The van der Waals surface area contributed by atoms with Gasteiger partial charge in [-0.2, -0.15) is 11.3 Å². The minimum Gasteiger partial charge on any atom is -0.387 e. The molecule has 2 heterocycles. The molecule has 2 aliphatic rings. The zero-order valence-electron chi connectivity index (χ0n) is 8.15. The van der Waals surface area contributed by atoms with Crippen molar-refractivity contribution in [2.45, 2.75) is 18.9 Å². The van der Waals surface area contributed by atoms with Crippen LogP contribution in [-0.4, -0.2) is 29.6 Å². The van der Waals surface area contributed by atoms with Crippen LogP contribution in [0.1, 0.15) is 24.5 Å². The van der Waals surface area contributed by atoms with Crippen LogP contribution < -0.4 is 0 Å². The first-order chi connectivity index (χ1) is 6.77. The van der Waals surface area contributed by atoms with Crippen LogP contribution in [0.5, 0.6) is 0 Å². The van der Waals surface area contributed by atoms with Crippen LogP contribution in [0.25, 0.3) is 0 Å². The molecule has 76 valence electrons. The Labute approximate surface area is 88.2 Å². The molecule has 1 aromatic heterocycles. The summed E-state index contributed by atoms with van der Waals surface area (Å²) in [5.74, 6) is 0. The summed E-state index contributed by atoms with van der Waals surface area (Å²) in [4.78, 5) is 2.37. The molecule has 1 saturated carbocycles.